The third-order valence-electron chi connectivity index (χ3n) is 5.24. The summed E-state index contributed by atoms with van der Waals surface area (Å²) in [5.74, 6) is 1.54. The second-order valence-corrected chi connectivity index (χ2v) is 7.07. The zero-order valence-corrected chi connectivity index (χ0v) is 16.2. The molecule has 3 aromatic carbocycles. The van der Waals surface area contributed by atoms with E-state index < -0.39 is 0 Å². The van der Waals surface area contributed by atoms with Crippen molar-refractivity contribution in [2.45, 2.75) is 12.6 Å². The molecule has 5 nitrogen and oxygen atoms in total. The molecule has 0 aliphatic carbocycles. The van der Waals surface area contributed by atoms with E-state index in [9.17, 15) is 5.11 Å². The number of morpholine rings is 1. The van der Waals surface area contributed by atoms with Gasteiger partial charge in [0.2, 0.25) is 0 Å². The lowest BCUT2D eigenvalue weighted by Crippen LogP contribution is -2.37. The smallest absolute Gasteiger partial charge is 0.160 e. The van der Waals surface area contributed by atoms with Crippen LogP contribution in [0.3, 0.4) is 0 Å². The van der Waals surface area contributed by atoms with Gasteiger partial charge in [0.05, 0.1) is 26.9 Å². The van der Waals surface area contributed by atoms with Crippen molar-refractivity contribution in [1.29, 1.82) is 0 Å². The molecule has 146 valence electrons. The van der Waals surface area contributed by atoms with Crippen LogP contribution in [0.1, 0.15) is 17.2 Å². The zero-order valence-electron chi connectivity index (χ0n) is 16.2. The summed E-state index contributed by atoms with van der Waals surface area (Å²) in [5.41, 5.74) is 2.30. The second kappa shape index (κ2) is 8.09. The van der Waals surface area contributed by atoms with Crippen molar-refractivity contribution < 1.29 is 19.3 Å². The largest absolute Gasteiger partial charge is 0.504 e. The summed E-state index contributed by atoms with van der Waals surface area (Å²) in [4.78, 5) is 2.37. The summed E-state index contributed by atoms with van der Waals surface area (Å²) in [7, 11) is 3.25. The second-order valence-electron chi connectivity index (χ2n) is 7.07. The number of hydrogen-bond donors (Lipinski definition) is 1. The lowest BCUT2D eigenvalue weighted by Gasteiger charge is -2.33. The maximum atomic E-state index is 9.78. The average molecular weight is 379 g/mol. The monoisotopic (exact) mass is 379 g/mol. The molecule has 0 amide bonds. The van der Waals surface area contributed by atoms with Crippen LogP contribution in [0.4, 0.5) is 0 Å². The van der Waals surface area contributed by atoms with Crippen LogP contribution in [0.5, 0.6) is 17.2 Å². The van der Waals surface area contributed by atoms with Gasteiger partial charge in [0, 0.05) is 19.6 Å². The minimum Gasteiger partial charge on any atom is -0.504 e. The number of rotatable bonds is 5. The topological polar surface area (TPSA) is 51.2 Å². The quantitative estimate of drug-likeness (QED) is 0.722. The summed E-state index contributed by atoms with van der Waals surface area (Å²) in [6, 6.07) is 18.1. The van der Waals surface area contributed by atoms with E-state index in [4.69, 9.17) is 14.2 Å². The van der Waals surface area contributed by atoms with Crippen molar-refractivity contribution in [2.75, 3.05) is 33.9 Å². The van der Waals surface area contributed by atoms with E-state index in [2.05, 4.69) is 29.2 Å². The van der Waals surface area contributed by atoms with Gasteiger partial charge in [0.1, 0.15) is 5.75 Å². The fourth-order valence-electron chi connectivity index (χ4n) is 3.70. The molecule has 0 unspecified atom stereocenters. The van der Waals surface area contributed by atoms with Crippen molar-refractivity contribution in [3.05, 3.63) is 65.7 Å². The molecule has 0 spiro atoms. The fraction of sp³-hybridized carbons (Fsp3) is 0.304. The Labute approximate surface area is 165 Å². The molecule has 1 saturated heterocycles. The fourth-order valence-corrected chi connectivity index (χ4v) is 3.70. The first-order chi connectivity index (χ1) is 13.7. The van der Waals surface area contributed by atoms with E-state index in [1.54, 1.807) is 20.3 Å². The Morgan fingerprint density at radius 2 is 1.82 bits per heavy atom. The number of fused-ring (bicyclic) bond motifs is 1. The molecule has 1 N–H and O–H groups in total. The Balaban J connectivity index is 1.49. The molecule has 0 aromatic heterocycles. The van der Waals surface area contributed by atoms with Gasteiger partial charge in [-0.05, 0) is 52.2 Å². The number of ether oxygens (including phenoxy) is 3. The Kier molecular flexibility index (Phi) is 5.37. The maximum absolute atomic E-state index is 9.78. The summed E-state index contributed by atoms with van der Waals surface area (Å²) in [6.07, 6.45) is 0.0410. The standard InChI is InChI=1S/C23H25NO4/c1-26-20-7-6-17-12-19(5-4-18(17)13-20)23-15-24(9-10-28-23)14-16-3-8-21(25)22(11-16)27-2/h3-8,11-13,23,25H,9-10,14-15H2,1-2H3/t23-/m0/s1. The first-order valence-corrected chi connectivity index (χ1v) is 9.44. The first kappa shape index (κ1) is 18.6. The molecule has 5 heteroatoms. The van der Waals surface area contributed by atoms with Crippen molar-refractivity contribution in [3.63, 3.8) is 0 Å². The highest BCUT2D eigenvalue weighted by atomic mass is 16.5. The van der Waals surface area contributed by atoms with E-state index in [1.807, 2.05) is 24.3 Å². The predicted octanol–water partition coefficient (Wildman–Crippen LogP) is 4.14. The molecule has 1 aliphatic rings. The first-order valence-electron chi connectivity index (χ1n) is 9.44. The molecular weight excluding hydrogens is 354 g/mol. The Hall–Kier alpha value is -2.76. The van der Waals surface area contributed by atoms with Crippen molar-refractivity contribution in [2.24, 2.45) is 0 Å². The van der Waals surface area contributed by atoms with E-state index >= 15 is 0 Å². The minimum absolute atomic E-state index is 0.0410. The molecular formula is C23H25NO4. The highest BCUT2D eigenvalue weighted by Crippen LogP contribution is 2.30. The molecule has 3 aromatic rings. The van der Waals surface area contributed by atoms with Crippen molar-refractivity contribution in [1.82, 2.24) is 4.90 Å². The van der Waals surface area contributed by atoms with Gasteiger partial charge in [-0.25, -0.2) is 0 Å². The van der Waals surface area contributed by atoms with Gasteiger partial charge in [-0.3, -0.25) is 4.90 Å². The lowest BCUT2D eigenvalue weighted by molar-refractivity contribution is -0.0328. The molecule has 0 saturated carbocycles. The number of nitrogens with zero attached hydrogens (tertiary/aromatic N) is 1. The van der Waals surface area contributed by atoms with Crippen LogP contribution >= 0.6 is 0 Å². The molecule has 28 heavy (non-hydrogen) atoms. The van der Waals surface area contributed by atoms with Gasteiger partial charge < -0.3 is 19.3 Å². The van der Waals surface area contributed by atoms with E-state index in [-0.39, 0.29) is 11.9 Å². The molecule has 1 heterocycles. The Morgan fingerprint density at radius 1 is 1.00 bits per heavy atom. The third-order valence-corrected chi connectivity index (χ3v) is 5.24. The number of methoxy groups -OCH3 is 2. The number of phenols is 1. The van der Waals surface area contributed by atoms with Gasteiger partial charge >= 0.3 is 0 Å². The normalized spacial score (nSPS) is 17.6. The molecule has 1 aliphatic heterocycles. The molecule has 0 radical (unpaired) electrons. The van der Waals surface area contributed by atoms with Crippen LogP contribution in [-0.4, -0.2) is 43.9 Å². The number of benzene rings is 3. The molecule has 1 fully saturated rings. The average Bonchev–Trinajstić information content (AvgIpc) is 2.74. The highest BCUT2D eigenvalue weighted by Gasteiger charge is 2.22. The van der Waals surface area contributed by atoms with Crippen LogP contribution < -0.4 is 9.47 Å². The zero-order chi connectivity index (χ0) is 19.5. The van der Waals surface area contributed by atoms with Crippen LogP contribution in [0, 0.1) is 0 Å². The minimum atomic E-state index is 0.0410. The predicted molar refractivity (Wildman–Crippen MR) is 109 cm³/mol. The molecule has 0 bridgehead atoms. The van der Waals surface area contributed by atoms with Gasteiger partial charge in [0.15, 0.2) is 11.5 Å². The highest BCUT2D eigenvalue weighted by molar-refractivity contribution is 5.84. The number of phenolic OH excluding ortho intramolecular Hbond substituents is 1. The van der Waals surface area contributed by atoms with Gasteiger partial charge in [-0.15, -0.1) is 0 Å². The van der Waals surface area contributed by atoms with Crippen LogP contribution in [0.25, 0.3) is 10.8 Å². The lowest BCUT2D eigenvalue weighted by atomic mass is 10.0. The Bertz CT molecular complexity index is 972. The molecule has 1 atom stereocenters. The van der Waals surface area contributed by atoms with Crippen molar-refractivity contribution >= 4 is 10.8 Å². The van der Waals surface area contributed by atoms with Crippen LogP contribution in [0.15, 0.2) is 54.6 Å². The maximum Gasteiger partial charge on any atom is 0.160 e. The van der Waals surface area contributed by atoms with E-state index in [0.717, 1.165) is 36.3 Å². The van der Waals surface area contributed by atoms with Crippen molar-refractivity contribution in [3.8, 4) is 17.2 Å². The summed E-state index contributed by atoms with van der Waals surface area (Å²) in [5, 5.41) is 12.1. The van der Waals surface area contributed by atoms with Crippen LogP contribution in [-0.2, 0) is 11.3 Å². The number of hydrogen-bond acceptors (Lipinski definition) is 5. The SMILES string of the molecule is COc1ccc2cc([C@@H]3CN(Cc4ccc(O)c(OC)c4)CCO3)ccc2c1. The van der Waals surface area contributed by atoms with Gasteiger partial charge in [-0.1, -0.05) is 24.3 Å². The summed E-state index contributed by atoms with van der Waals surface area (Å²) < 4.78 is 16.6. The van der Waals surface area contributed by atoms with Crippen LogP contribution in [0.2, 0.25) is 0 Å². The molecule has 4 rings (SSSR count). The summed E-state index contributed by atoms with van der Waals surface area (Å²) >= 11 is 0. The van der Waals surface area contributed by atoms with Gasteiger partial charge in [-0.2, -0.15) is 0 Å². The van der Waals surface area contributed by atoms with E-state index in [0.29, 0.717) is 12.4 Å². The summed E-state index contributed by atoms with van der Waals surface area (Å²) in [6.45, 7) is 3.19. The van der Waals surface area contributed by atoms with Gasteiger partial charge in [0.25, 0.3) is 0 Å². The van der Waals surface area contributed by atoms with E-state index in [1.165, 1.54) is 10.9 Å². The Morgan fingerprint density at radius 3 is 2.64 bits per heavy atom. The third kappa shape index (κ3) is 3.91. The number of aromatic hydroxyl groups is 1.